The Kier molecular flexibility index (Phi) is 5.59. The van der Waals surface area contributed by atoms with Gasteiger partial charge in [0.2, 0.25) is 0 Å². The molecule has 1 rings (SSSR count). The summed E-state index contributed by atoms with van der Waals surface area (Å²) in [7, 11) is 0. The molecule has 20 heavy (non-hydrogen) atoms. The summed E-state index contributed by atoms with van der Waals surface area (Å²) in [6.45, 7) is 7.70. The van der Waals surface area contributed by atoms with E-state index in [1.807, 2.05) is 32.9 Å². The zero-order chi connectivity index (χ0) is 15.4. The van der Waals surface area contributed by atoms with E-state index in [1.54, 1.807) is 12.1 Å². The van der Waals surface area contributed by atoms with Gasteiger partial charge >= 0.3 is 6.18 Å². The highest BCUT2D eigenvalue weighted by Crippen LogP contribution is 2.23. The molecule has 0 aliphatic carbocycles. The highest BCUT2D eigenvalue weighted by molar-refractivity contribution is 5.26. The van der Waals surface area contributed by atoms with E-state index < -0.39 is 12.3 Å². The van der Waals surface area contributed by atoms with E-state index in [-0.39, 0.29) is 12.1 Å². The van der Waals surface area contributed by atoms with Crippen LogP contribution in [0.25, 0.3) is 0 Å². The van der Waals surface area contributed by atoms with Gasteiger partial charge in [0.15, 0.2) is 6.10 Å². The van der Waals surface area contributed by atoms with Crippen LogP contribution >= 0.6 is 0 Å². The standard InChI is InChI=1S/C15H22F3NO/c1-11(15(16,17)18)20-10-13-8-6-5-7-12(13)9-19-14(2,3)4/h5-8,11,19H,9-10H2,1-4H3. The molecule has 114 valence electrons. The number of ether oxygens (including phenoxy) is 1. The third-order valence-corrected chi connectivity index (χ3v) is 2.88. The van der Waals surface area contributed by atoms with Crippen molar-refractivity contribution in [3.05, 3.63) is 35.4 Å². The molecule has 5 heteroatoms. The Balaban J connectivity index is 2.66. The number of rotatable bonds is 5. The fourth-order valence-corrected chi connectivity index (χ4v) is 1.54. The predicted octanol–water partition coefficient (Wildman–Crippen LogP) is 4.04. The number of halogens is 3. The largest absolute Gasteiger partial charge is 0.414 e. The molecule has 0 aromatic heterocycles. The molecular weight excluding hydrogens is 267 g/mol. The molecule has 1 aromatic rings. The van der Waals surface area contributed by atoms with Gasteiger partial charge < -0.3 is 10.1 Å². The Morgan fingerprint density at radius 2 is 1.65 bits per heavy atom. The van der Waals surface area contributed by atoms with Gasteiger partial charge in [0.05, 0.1) is 6.61 Å². The molecular formula is C15H22F3NO. The van der Waals surface area contributed by atoms with Gasteiger partial charge in [-0.15, -0.1) is 0 Å². The van der Waals surface area contributed by atoms with Crippen LogP contribution in [0, 0.1) is 0 Å². The van der Waals surface area contributed by atoms with Crippen LogP contribution in [0.2, 0.25) is 0 Å². The van der Waals surface area contributed by atoms with Crippen LogP contribution in [0.4, 0.5) is 13.2 Å². The van der Waals surface area contributed by atoms with Gasteiger partial charge in [-0.2, -0.15) is 13.2 Å². The van der Waals surface area contributed by atoms with Crippen LogP contribution in [-0.2, 0) is 17.9 Å². The summed E-state index contributed by atoms with van der Waals surface area (Å²) in [4.78, 5) is 0. The van der Waals surface area contributed by atoms with Crippen LogP contribution in [-0.4, -0.2) is 17.8 Å². The maximum atomic E-state index is 12.4. The van der Waals surface area contributed by atoms with Gasteiger partial charge in [-0.1, -0.05) is 24.3 Å². The van der Waals surface area contributed by atoms with Crippen LogP contribution in [0.1, 0.15) is 38.8 Å². The van der Waals surface area contributed by atoms with Crippen molar-refractivity contribution in [1.82, 2.24) is 5.32 Å². The van der Waals surface area contributed by atoms with Crippen LogP contribution < -0.4 is 5.32 Å². The minimum absolute atomic E-state index is 0.0390. The van der Waals surface area contributed by atoms with Crippen LogP contribution in [0.15, 0.2) is 24.3 Å². The molecule has 0 fully saturated rings. The van der Waals surface area contributed by atoms with Gasteiger partial charge in [-0.25, -0.2) is 0 Å². The highest BCUT2D eigenvalue weighted by atomic mass is 19.4. The van der Waals surface area contributed by atoms with Crippen molar-refractivity contribution in [2.45, 2.75) is 58.7 Å². The zero-order valence-electron chi connectivity index (χ0n) is 12.3. The van der Waals surface area contributed by atoms with E-state index in [0.717, 1.165) is 18.1 Å². The third kappa shape index (κ3) is 5.92. The third-order valence-electron chi connectivity index (χ3n) is 2.88. The van der Waals surface area contributed by atoms with Gasteiger partial charge in [0.1, 0.15) is 0 Å². The summed E-state index contributed by atoms with van der Waals surface area (Å²) in [5, 5.41) is 3.32. The minimum atomic E-state index is -4.32. The lowest BCUT2D eigenvalue weighted by molar-refractivity contribution is -0.217. The first-order valence-electron chi connectivity index (χ1n) is 6.60. The topological polar surface area (TPSA) is 21.3 Å². The summed E-state index contributed by atoms with van der Waals surface area (Å²) < 4.78 is 42.2. The first-order valence-corrected chi connectivity index (χ1v) is 6.60. The van der Waals surface area contributed by atoms with E-state index in [4.69, 9.17) is 4.74 Å². The molecule has 0 saturated heterocycles. The lowest BCUT2D eigenvalue weighted by atomic mass is 10.1. The second kappa shape index (κ2) is 6.59. The average Bonchev–Trinajstić information content (AvgIpc) is 2.32. The normalized spacial score (nSPS) is 14.3. The summed E-state index contributed by atoms with van der Waals surface area (Å²) in [6, 6.07) is 7.37. The second-order valence-corrected chi connectivity index (χ2v) is 5.87. The molecule has 1 N–H and O–H groups in total. The number of alkyl halides is 3. The van der Waals surface area contributed by atoms with Crippen molar-refractivity contribution in [3.63, 3.8) is 0 Å². The average molecular weight is 289 g/mol. The number of hydrogen-bond donors (Lipinski definition) is 1. The second-order valence-electron chi connectivity index (χ2n) is 5.87. The molecule has 0 heterocycles. The van der Waals surface area contributed by atoms with Crippen molar-refractivity contribution in [2.75, 3.05) is 0 Å². The summed E-state index contributed by atoms with van der Waals surface area (Å²) in [5.41, 5.74) is 1.69. The maximum Gasteiger partial charge on any atom is 0.414 e. The molecule has 1 aromatic carbocycles. The fourth-order valence-electron chi connectivity index (χ4n) is 1.54. The first-order chi connectivity index (χ1) is 9.09. The first kappa shape index (κ1) is 17.0. The van der Waals surface area contributed by atoms with E-state index in [0.29, 0.717) is 6.54 Å². The van der Waals surface area contributed by atoms with Gasteiger partial charge in [-0.05, 0) is 38.8 Å². The summed E-state index contributed by atoms with van der Waals surface area (Å²) in [6.07, 6.45) is -6.08. The monoisotopic (exact) mass is 289 g/mol. The highest BCUT2D eigenvalue weighted by Gasteiger charge is 2.36. The molecule has 0 amide bonds. The Hall–Kier alpha value is -1.07. The number of hydrogen-bond acceptors (Lipinski definition) is 2. The lowest BCUT2D eigenvalue weighted by Crippen LogP contribution is -2.35. The molecule has 0 bridgehead atoms. The molecule has 1 unspecified atom stereocenters. The summed E-state index contributed by atoms with van der Waals surface area (Å²) in [5.74, 6) is 0. The predicted molar refractivity (Wildman–Crippen MR) is 73.3 cm³/mol. The Morgan fingerprint density at radius 3 is 2.15 bits per heavy atom. The number of benzene rings is 1. The van der Waals surface area contributed by atoms with E-state index in [1.165, 1.54) is 0 Å². The minimum Gasteiger partial charge on any atom is -0.364 e. The number of nitrogens with one attached hydrogen (secondary N) is 1. The molecule has 0 saturated carbocycles. The SMILES string of the molecule is CC(OCc1ccccc1CNC(C)(C)C)C(F)(F)F. The fraction of sp³-hybridized carbons (Fsp3) is 0.600. The Bertz CT molecular complexity index is 424. The van der Waals surface area contributed by atoms with E-state index in [2.05, 4.69) is 5.32 Å². The van der Waals surface area contributed by atoms with Gasteiger partial charge in [-0.3, -0.25) is 0 Å². The van der Waals surface area contributed by atoms with E-state index in [9.17, 15) is 13.2 Å². The van der Waals surface area contributed by atoms with Crippen molar-refractivity contribution < 1.29 is 17.9 Å². The zero-order valence-corrected chi connectivity index (χ0v) is 12.3. The smallest absolute Gasteiger partial charge is 0.364 e. The van der Waals surface area contributed by atoms with Crippen molar-refractivity contribution in [3.8, 4) is 0 Å². The van der Waals surface area contributed by atoms with Crippen molar-refractivity contribution in [2.24, 2.45) is 0 Å². The molecule has 0 aliphatic heterocycles. The quantitative estimate of drug-likeness (QED) is 0.883. The molecule has 1 atom stereocenters. The molecule has 0 radical (unpaired) electrons. The Labute approximate surface area is 118 Å². The maximum absolute atomic E-state index is 12.4. The lowest BCUT2D eigenvalue weighted by Gasteiger charge is -2.22. The molecule has 0 spiro atoms. The Morgan fingerprint density at radius 1 is 1.10 bits per heavy atom. The molecule has 2 nitrogen and oxygen atoms in total. The van der Waals surface area contributed by atoms with Crippen LogP contribution in [0.3, 0.4) is 0 Å². The van der Waals surface area contributed by atoms with Crippen LogP contribution in [0.5, 0.6) is 0 Å². The molecule has 0 aliphatic rings. The van der Waals surface area contributed by atoms with Crippen molar-refractivity contribution in [1.29, 1.82) is 0 Å². The van der Waals surface area contributed by atoms with Crippen molar-refractivity contribution >= 4 is 0 Å². The van der Waals surface area contributed by atoms with E-state index >= 15 is 0 Å². The summed E-state index contributed by atoms with van der Waals surface area (Å²) >= 11 is 0. The van der Waals surface area contributed by atoms with Gasteiger partial charge in [0, 0.05) is 12.1 Å². The van der Waals surface area contributed by atoms with Gasteiger partial charge in [0.25, 0.3) is 0 Å².